The molecule has 2 aromatic heterocycles. The van der Waals surface area contributed by atoms with Crippen molar-refractivity contribution >= 4 is 31.5 Å². The van der Waals surface area contributed by atoms with E-state index in [9.17, 15) is 19.6 Å². The van der Waals surface area contributed by atoms with Crippen molar-refractivity contribution in [1.82, 2.24) is 23.8 Å². The Labute approximate surface area is 362 Å². The highest BCUT2D eigenvalue weighted by Crippen LogP contribution is 2.51. The highest BCUT2D eigenvalue weighted by atomic mass is 31.2. The number of hydrogen-bond acceptors (Lipinski definition) is 12. The Morgan fingerprint density at radius 1 is 0.952 bits per heavy atom. The number of aromatic nitrogens is 4. The van der Waals surface area contributed by atoms with Gasteiger partial charge in [-0.05, 0) is 68.7 Å². The molecule has 3 heterocycles. The summed E-state index contributed by atoms with van der Waals surface area (Å²) in [6.07, 6.45) is -2.27. The number of carbonyl (C=O) groups is 1. The minimum absolute atomic E-state index is 0.00275. The van der Waals surface area contributed by atoms with Crippen LogP contribution in [0.4, 0.5) is 5.95 Å². The van der Waals surface area contributed by atoms with E-state index >= 15 is 0 Å². The van der Waals surface area contributed by atoms with Crippen LogP contribution in [0.25, 0.3) is 11.2 Å². The summed E-state index contributed by atoms with van der Waals surface area (Å²) in [6.45, 7) is 11.7. The number of aryl methyl sites for hydroxylation is 1. The Kier molecular flexibility index (Phi) is 15.0. The molecule has 2 N–H and O–H groups in total. The number of nitriles is 1. The molecule has 0 aliphatic carbocycles. The van der Waals surface area contributed by atoms with Gasteiger partial charge >= 0.3 is 5.69 Å². The fraction of sp³-hybridized carbons (Fsp3) is 0.444. The molecule has 4 atom stereocenters. The summed E-state index contributed by atoms with van der Waals surface area (Å²) < 4.78 is 43.3. The number of anilines is 1. The number of hydrogen-bond donors (Lipinski definition) is 2. The summed E-state index contributed by atoms with van der Waals surface area (Å²) >= 11 is 0. The summed E-state index contributed by atoms with van der Waals surface area (Å²) in [5.74, 6) is 0.485. The lowest BCUT2D eigenvalue weighted by molar-refractivity contribution is -0.118. The fourth-order valence-electron chi connectivity index (χ4n) is 7.66. The maximum absolute atomic E-state index is 14.2. The third-order valence-electron chi connectivity index (χ3n) is 10.7. The van der Waals surface area contributed by atoms with Crippen LogP contribution in [0.1, 0.15) is 77.3 Å². The van der Waals surface area contributed by atoms with E-state index in [2.05, 4.69) is 26.0 Å². The van der Waals surface area contributed by atoms with Crippen LogP contribution < -0.4 is 26.0 Å². The van der Waals surface area contributed by atoms with E-state index in [4.69, 9.17) is 28.0 Å². The predicted molar refractivity (Wildman–Crippen MR) is 236 cm³/mol. The molecule has 1 unspecified atom stereocenters. The number of H-pyrrole nitrogens is 1. The molecule has 3 aromatic carbocycles. The van der Waals surface area contributed by atoms with E-state index < -0.39 is 49.7 Å². The second-order valence-electron chi connectivity index (χ2n) is 15.8. The quantitative estimate of drug-likeness (QED) is 0.0493. The Morgan fingerprint density at radius 2 is 1.53 bits per heavy atom. The maximum atomic E-state index is 14.2. The largest absolute Gasteiger partial charge is 0.497 e. The van der Waals surface area contributed by atoms with Gasteiger partial charge in [0.05, 0.1) is 46.0 Å². The van der Waals surface area contributed by atoms with E-state index in [-0.39, 0.29) is 61.2 Å². The van der Waals surface area contributed by atoms with Crippen molar-refractivity contribution in [2.24, 2.45) is 13.0 Å². The second-order valence-corrected chi connectivity index (χ2v) is 17.2. The highest BCUT2D eigenvalue weighted by molar-refractivity contribution is 7.44. The van der Waals surface area contributed by atoms with Crippen molar-refractivity contribution in [3.05, 3.63) is 116 Å². The molecule has 0 saturated carbocycles. The van der Waals surface area contributed by atoms with Gasteiger partial charge in [-0.3, -0.25) is 24.5 Å². The van der Waals surface area contributed by atoms with Crippen LogP contribution >= 0.6 is 8.53 Å². The molecule has 1 amide bonds. The molecule has 0 bridgehead atoms. The number of carbonyl (C=O) groups excluding carboxylic acids is 1. The number of aromatic amines is 1. The van der Waals surface area contributed by atoms with Gasteiger partial charge in [0.1, 0.15) is 29.4 Å². The molecule has 1 saturated heterocycles. The molecule has 5 aromatic rings. The first-order valence-electron chi connectivity index (χ1n) is 20.6. The van der Waals surface area contributed by atoms with E-state index in [1.165, 1.54) is 16.2 Å². The summed E-state index contributed by atoms with van der Waals surface area (Å²) in [4.78, 5) is 47.5. The van der Waals surface area contributed by atoms with Crippen molar-refractivity contribution in [3.63, 3.8) is 0 Å². The predicted octanol–water partition coefficient (Wildman–Crippen LogP) is 6.99. The van der Waals surface area contributed by atoms with Crippen molar-refractivity contribution in [2.45, 2.75) is 90.5 Å². The van der Waals surface area contributed by atoms with E-state index in [1.807, 2.05) is 107 Å². The van der Waals surface area contributed by atoms with Gasteiger partial charge in [-0.15, -0.1) is 0 Å². The summed E-state index contributed by atoms with van der Waals surface area (Å²) in [5.41, 5.74) is 0.106. The minimum atomic E-state index is -1.78. The SMILES string of the molecule is COc1ccc(C(OC[C@H]2O[C@@H](n3c(=O)n(C)c4c(=O)[nH]c(NC(=O)C(C)C)nc43)C[C@@H]2OP(OCCC#N)N(C(C)C)C(C)C)(c2ccccc2)c2ccc(OC)cc2)cc1. The molecule has 1 aliphatic rings. The molecular weight excluding hydrogens is 814 g/mol. The average molecular weight is 870 g/mol. The van der Waals surface area contributed by atoms with E-state index in [0.717, 1.165) is 16.7 Å². The van der Waals surface area contributed by atoms with Gasteiger partial charge < -0.3 is 28.0 Å². The monoisotopic (exact) mass is 869 g/mol. The molecule has 17 heteroatoms. The highest BCUT2D eigenvalue weighted by Gasteiger charge is 2.46. The van der Waals surface area contributed by atoms with E-state index in [1.54, 1.807) is 28.1 Å². The van der Waals surface area contributed by atoms with Crippen LogP contribution in [0.2, 0.25) is 0 Å². The Bertz CT molecular complexity index is 2390. The number of fused-ring (bicyclic) bond motifs is 1. The summed E-state index contributed by atoms with van der Waals surface area (Å²) in [7, 11) is 2.93. The van der Waals surface area contributed by atoms with Gasteiger partial charge in [-0.2, -0.15) is 10.2 Å². The van der Waals surface area contributed by atoms with Crippen molar-refractivity contribution in [3.8, 4) is 17.6 Å². The first-order valence-corrected chi connectivity index (χ1v) is 21.8. The molecule has 0 spiro atoms. The van der Waals surface area contributed by atoms with Gasteiger partial charge in [-0.25, -0.2) is 14.0 Å². The molecule has 6 rings (SSSR count). The standard InChI is InChI=1S/C45H56N7O9P/c1-28(2)41(53)48-43-47-40-39(42(54)49-43)50(7)44(55)51(40)38-26-36(61-62(59-25-13-24-46)52(29(3)4)30(5)6)37(60-38)27-58-45(31-14-11-10-12-15-31,32-16-20-34(56-8)21-17-32)33-18-22-35(57-9)23-19-33/h10-12,14-23,28-30,36-38H,13,25-27H2,1-9H3,(H2,47,48,49,53,54)/t36-,37+,38+,62?/m0/s1. The fourth-order valence-corrected chi connectivity index (χ4v) is 9.42. The number of nitrogens with zero attached hydrogens (tertiary/aromatic N) is 5. The summed E-state index contributed by atoms with van der Waals surface area (Å²) in [6, 6.07) is 27.4. The lowest BCUT2D eigenvalue weighted by Crippen LogP contribution is -2.39. The van der Waals surface area contributed by atoms with Gasteiger partial charge in [0.25, 0.3) is 14.1 Å². The van der Waals surface area contributed by atoms with Crippen LogP contribution in [-0.2, 0) is 36.0 Å². The first kappa shape index (κ1) is 46.1. The molecular formula is C45H56N7O9P. The molecule has 62 heavy (non-hydrogen) atoms. The first-order chi connectivity index (χ1) is 29.7. The zero-order valence-corrected chi connectivity index (χ0v) is 37.6. The normalized spacial score (nSPS) is 17.3. The van der Waals surface area contributed by atoms with Crippen LogP contribution in [-0.4, -0.2) is 81.4 Å². The van der Waals surface area contributed by atoms with Gasteiger partial charge in [0, 0.05) is 31.5 Å². The zero-order chi connectivity index (χ0) is 44.7. The van der Waals surface area contributed by atoms with Crippen molar-refractivity contribution in [2.75, 3.05) is 32.8 Å². The Hall–Kier alpha value is -5.40. The average Bonchev–Trinajstić information content (AvgIpc) is 3.76. The maximum Gasteiger partial charge on any atom is 0.332 e. The molecule has 16 nitrogen and oxygen atoms in total. The number of imidazole rings is 1. The molecule has 1 fully saturated rings. The number of methoxy groups -OCH3 is 2. The van der Waals surface area contributed by atoms with Crippen LogP contribution in [0, 0.1) is 17.2 Å². The number of nitrogens with one attached hydrogen (secondary N) is 2. The number of rotatable bonds is 19. The summed E-state index contributed by atoms with van der Waals surface area (Å²) in [5, 5.41) is 12.1. The molecule has 0 radical (unpaired) electrons. The number of benzene rings is 3. The van der Waals surface area contributed by atoms with Crippen molar-refractivity contribution < 1.29 is 32.8 Å². The second kappa shape index (κ2) is 20.2. The van der Waals surface area contributed by atoms with Crippen LogP contribution in [0.15, 0.2) is 88.5 Å². The van der Waals surface area contributed by atoms with Gasteiger partial charge in [-0.1, -0.05) is 68.4 Å². The lowest BCUT2D eigenvalue weighted by atomic mass is 9.80. The lowest BCUT2D eigenvalue weighted by Gasteiger charge is -2.39. The number of ether oxygens (including phenoxy) is 4. The van der Waals surface area contributed by atoms with Gasteiger partial charge in [0.15, 0.2) is 11.2 Å². The van der Waals surface area contributed by atoms with E-state index in [0.29, 0.717) is 11.5 Å². The molecule has 330 valence electrons. The van der Waals surface area contributed by atoms with Crippen molar-refractivity contribution in [1.29, 1.82) is 5.26 Å². The zero-order valence-electron chi connectivity index (χ0n) is 36.7. The van der Waals surface area contributed by atoms with Crippen LogP contribution in [0.5, 0.6) is 11.5 Å². The topological polar surface area (TPSA) is 184 Å². The minimum Gasteiger partial charge on any atom is -0.497 e. The third-order valence-corrected chi connectivity index (χ3v) is 12.8. The van der Waals surface area contributed by atoms with Crippen LogP contribution in [0.3, 0.4) is 0 Å². The Balaban J connectivity index is 1.49. The van der Waals surface area contributed by atoms with Gasteiger partial charge in [0.2, 0.25) is 11.9 Å². The smallest absolute Gasteiger partial charge is 0.332 e. The Morgan fingerprint density at radius 3 is 2.06 bits per heavy atom. The third kappa shape index (κ3) is 9.63. The molecule has 1 aliphatic heterocycles. The number of amides is 1.